The zero-order chi connectivity index (χ0) is 28.9. The fourth-order valence-corrected chi connectivity index (χ4v) is 7.05. The average Bonchev–Trinajstić information content (AvgIpc) is 2.96. The van der Waals surface area contributed by atoms with Crippen LogP contribution in [-0.4, -0.2) is 55.2 Å². The molecule has 218 valence electrons. The van der Waals surface area contributed by atoms with E-state index in [4.69, 9.17) is 14.2 Å². The zero-order valence-electron chi connectivity index (χ0n) is 23.8. The Labute approximate surface area is 236 Å². The second-order valence-electron chi connectivity index (χ2n) is 11.6. The fourth-order valence-electron chi connectivity index (χ4n) is 7.05. The third-order valence-corrected chi connectivity index (χ3v) is 9.34. The summed E-state index contributed by atoms with van der Waals surface area (Å²) in [5.74, 6) is 0.915. The Morgan fingerprint density at radius 2 is 1.73 bits per heavy atom. The third-order valence-electron chi connectivity index (χ3n) is 9.34. The van der Waals surface area contributed by atoms with E-state index in [1.54, 1.807) is 38.5 Å². The van der Waals surface area contributed by atoms with Crippen LogP contribution in [0.5, 0.6) is 11.5 Å². The van der Waals surface area contributed by atoms with Gasteiger partial charge in [0.1, 0.15) is 17.6 Å². The lowest BCUT2D eigenvalue weighted by atomic mass is 9.46. The largest absolute Gasteiger partial charge is 0.497 e. The minimum Gasteiger partial charge on any atom is -0.497 e. The highest BCUT2D eigenvalue weighted by Gasteiger charge is 2.60. The van der Waals surface area contributed by atoms with Crippen LogP contribution in [0.2, 0.25) is 0 Å². The summed E-state index contributed by atoms with van der Waals surface area (Å²) in [5.41, 5.74) is 0.321. The lowest BCUT2D eigenvalue weighted by Gasteiger charge is -2.60. The average molecular weight is 555 g/mol. The number of methoxy groups -OCH3 is 2. The molecule has 0 saturated heterocycles. The number of ether oxygens (including phenoxy) is 3. The van der Waals surface area contributed by atoms with E-state index < -0.39 is 29.1 Å². The number of aliphatic hydroxyl groups is 2. The SMILES string of the molecule is COc1ccc(NC(=O)O[C@@H]2CC[C@]3(C)[C@H](CC[C@@H](O)[C@H]3CC(=O)NCc3ccccc3OC)[C@]2(C)CO)cc1. The van der Waals surface area contributed by atoms with E-state index in [1.165, 1.54) is 0 Å². The van der Waals surface area contributed by atoms with Crippen LogP contribution in [0.25, 0.3) is 0 Å². The molecule has 4 rings (SSSR count). The maximum atomic E-state index is 13.1. The Kier molecular flexibility index (Phi) is 9.26. The van der Waals surface area contributed by atoms with Gasteiger partial charge in [0.15, 0.2) is 0 Å². The molecule has 0 spiro atoms. The topological polar surface area (TPSA) is 126 Å². The van der Waals surface area contributed by atoms with Crippen molar-refractivity contribution in [2.24, 2.45) is 22.7 Å². The Bertz CT molecular complexity index is 1170. The van der Waals surface area contributed by atoms with Crippen molar-refractivity contribution in [3.05, 3.63) is 54.1 Å². The second-order valence-corrected chi connectivity index (χ2v) is 11.6. The Hall–Kier alpha value is -3.30. The number of para-hydroxylation sites is 1. The number of amides is 2. The van der Waals surface area contributed by atoms with Gasteiger partial charge in [-0.1, -0.05) is 32.0 Å². The van der Waals surface area contributed by atoms with Gasteiger partial charge in [0.05, 0.1) is 26.9 Å². The van der Waals surface area contributed by atoms with Crippen LogP contribution in [0.1, 0.15) is 51.5 Å². The van der Waals surface area contributed by atoms with Gasteiger partial charge in [-0.25, -0.2) is 4.79 Å². The molecular formula is C31H42N2O7. The van der Waals surface area contributed by atoms with E-state index in [0.717, 1.165) is 5.56 Å². The molecule has 0 radical (unpaired) electrons. The van der Waals surface area contributed by atoms with E-state index in [2.05, 4.69) is 17.6 Å². The van der Waals surface area contributed by atoms with Crippen LogP contribution in [0, 0.1) is 22.7 Å². The number of hydrogen-bond donors (Lipinski definition) is 4. The van der Waals surface area contributed by atoms with E-state index in [-0.39, 0.29) is 30.8 Å². The van der Waals surface area contributed by atoms with Crippen molar-refractivity contribution < 1.29 is 34.0 Å². The molecule has 0 heterocycles. The van der Waals surface area contributed by atoms with Crippen LogP contribution in [-0.2, 0) is 16.1 Å². The van der Waals surface area contributed by atoms with Crippen molar-refractivity contribution in [2.75, 3.05) is 26.1 Å². The fraction of sp³-hybridized carbons (Fsp3) is 0.548. The van der Waals surface area contributed by atoms with E-state index in [0.29, 0.717) is 49.4 Å². The van der Waals surface area contributed by atoms with Crippen LogP contribution in [0.15, 0.2) is 48.5 Å². The molecule has 4 N–H and O–H groups in total. The summed E-state index contributed by atoms with van der Waals surface area (Å²) < 4.78 is 16.5. The van der Waals surface area contributed by atoms with Gasteiger partial charge in [-0.05, 0) is 73.3 Å². The highest BCUT2D eigenvalue weighted by Crippen LogP contribution is 2.61. The third kappa shape index (κ3) is 6.05. The van der Waals surface area contributed by atoms with E-state index in [1.807, 2.05) is 31.2 Å². The molecule has 0 unspecified atom stereocenters. The maximum Gasteiger partial charge on any atom is 0.411 e. The van der Waals surface area contributed by atoms with E-state index in [9.17, 15) is 19.8 Å². The summed E-state index contributed by atoms with van der Waals surface area (Å²) in [6.07, 6.45) is 0.831. The lowest BCUT2D eigenvalue weighted by Crippen LogP contribution is -2.61. The Morgan fingerprint density at radius 1 is 1.00 bits per heavy atom. The molecule has 2 saturated carbocycles. The van der Waals surface area contributed by atoms with Gasteiger partial charge >= 0.3 is 6.09 Å². The molecule has 2 amide bonds. The molecule has 9 heteroatoms. The number of benzene rings is 2. The van der Waals surface area contributed by atoms with Crippen LogP contribution >= 0.6 is 0 Å². The van der Waals surface area contributed by atoms with Gasteiger partial charge in [0.2, 0.25) is 5.91 Å². The van der Waals surface area contributed by atoms with Crippen molar-refractivity contribution in [1.29, 1.82) is 0 Å². The minimum absolute atomic E-state index is 0.0482. The maximum absolute atomic E-state index is 13.1. The standard InChI is InChI=1S/C31H42N2O7/c1-30-16-15-27(40-29(37)33-21-9-11-22(38-3)12-10-21)31(2,19-34)26(30)14-13-24(35)23(30)17-28(36)32-18-20-7-5-6-8-25(20)39-4/h5-12,23-24,26-27,34-35H,13-19H2,1-4H3,(H,32,36)(H,33,37)/t23-,24-,26+,27-,30+,31+/m1/s1. The molecule has 6 atom stereocenters. The molecule has 2 aliphatic rings. The number of fused-ring (bicyclic) bond motifs is 1. The number of carbonyl (C=O) groups is 2. The van der Waals surface area contributed by atoms with Crippen LogP contribution in [0.3, 0.4) is 0 Å². The molecule has 2 aliphatic carbocycles. The predicted molar refractivity (Wildman–Crippen MR) is 151 cm³/mol. The summed E-state index contributed by atoms with van der Waals surface area (Å²) in [6.45, 7) is 4.23. The summed E-state index contributed by atoms with van der Waals surface area (Å²) in [4.78, 5) is 25.9. The molecular weight excluding hydrogens is 512 g/mol. The number of anilines is 1. The molecule has 2 aromatic carbocycles. The minimum atomic E-state index is -0.726. The Morgan fingerprint density at radius 3 is 2.40 bits per heavy atom. The molecule has 2 fully saturated rings. The summed E-state index contributed by atoms with van der Waals surface area (Å²) in [6, 6.07) is 14.5. The van der Waals surface area contributed by atoms with Crippen molar-refractivity contribution in [1.82, 2.24) is 5.32 Å². The molecule has 9 nitrogen and oxygen atoms in total. The van der Waals surface area contributed by atoms with Crippen LogP contribution < -0.4 is 20.1 Å². The number of hydrogen-bond acceptors (Lipinski definition) is 7. The van der Waals surface area contributed by atoms with Crippen molar-refractivity contribution in [2.45, 2.75) is 64.7 Å². The smallest absolute Gasteiger partial charge is 0.411 e. The van der Waals surface area contributed by atoms with Crippen molar-refractivity contribution in [3.63, 3.8) is 0 Å². The predicted octanol–water partition coefficient (Wildman–Crippen LogP) is 4.51. The first-order valence-corrected chi connectivity index (χ1v) is 13.9. The van der Waals surface area contributed by atoms with Crippen molar-refractivity contribution >= 4 is 17.7 Å². The van der Waals surface area contributed by atoms with E-state index >= 15 is 0 Å². The number of aliphatic hydroxyl groups excluding tert-OH is 2. The Balaban J connectivity index is 1.44. The summed E-state index contributed by atoms with van der Waals surface area (Å²) in [5, 5.41) is 27.5. The molecule has 2 aromatic rings. The van der Waals surface area contributed by atoms with Gasteiger partial charge in [-0.15, -0.1) is 0 Å². The monoisotopic (exact) mass is 554 g/mol. The molecule has 0 bridgehead atoms. The zero-order valence-corrected chi connectivity index (χ0v) is 23.8. The van der Waals surface area contributed by atoms with Gasteiger partial charge in [0, 0.05) is 29.6 Å². The van der Waals surface area contributed by atoms with Crippen LogP contribution in [0.4, 0.5) is 10.5 Å². The molecule has 0 aromatic heterocycles. The van der Waals surface area contributed by atoms with Gasteiger partial charge in [-0.3, -0.25) is 10.1 Å². The second kappa shape index (κ2) is 12.5. The summed E-state index contributed by atoms with van der Waals surface area (Å²) >= 11 is 0. The quantitative estimate of drug-likeness (QED) is 0.359. The van der Waals surface area contributed by atoms with Gasteiger partial charge < -0.3 is 29.7 Å². The first-order chi connectivity index (χ1) is 19.1. The van der Waals surface area contributed by atoms with Crippen molar-refractivity contribution in [3.8, 4) is 11.5 Å². The first-order valence-electron chi connectivity index (χ1n) is 13.9. The number of rotatable bonds is 9. The normalized spacial score (nSPS) is 29.6. The summed E-state index contributed by atoms with van der Waals surface area (Å²) in [7, 11) is 3.17. The van der Waals surface area contributed by atoms with Gasteiger partial charge in [-0.2, -0.15) is 0 Å². The number of nitrogens with one attached hydrogen (secondary N) is 2. The molecule has 0 aliphatic heterocycles. The molecule has 40 heavy (non-hydrogen) atoms. The highest BCUT2D eigenvalue weighted by atomic mass is 16.6. The highest BCUT2D eigenvalue weighted by molar-refractivity contribution is 5.84. The lowest BCUT2D eigenvalue weighted by molar-refractivity contribution is -0.185. The number of carbonyl (C=O) groups excluding carboxylic acids is 2. The van der Waals surface area contributed by atoms with Gasteiger partial charge in [0.25, 0.3) is 0 Å². The first kappa shape index (κ1) is 29.7.